The van der Waals surface area contributed by atoms with Gasteiger partial charge in [-0.2, -0.15) is 11.8 Å². The zero-order valence-corrected chi connectivity index (χ0v) is 19.1. The molecule has 1 aromatic rings. The first-order chi connectivity index (χ1) is 12.3. The van der Waals surface area contributed by atoms with Crippen molar-refractivity contribution >= 4 is 41.7 Å². The summed E-state index contributed by atoms with van der Waals surface area (Å²) in [5, 5.41) is 7.65. The standard InChI is InChI=1S/C19H32N4OS.HI/c1-3-20-19(21-13-16-7-6-12-25-16)22-14-17(23-10-4-5-11-23)18-9-8-15(2)24-18;/h8-9,16-17H,3-7,10-14H2,1-2H3,(H2,20,21,22);1H. The molecule has 3 heterocycles. The van der Waals surface area contributed by atoms with Crippen LogP contribution >= 0.6 is 35.7 Å². The predicted octanol–water partition coefficient (Wildman–Crippen LogP) is 3.79. The molecule has 148 valence electrons. The lowest BCUT2D eigenvalue weighted by Gasteiger charge is -2.25. The highest BCUT2D eigenvalue weighted by atomic mass is 127. The van der Waals surface area contributed by atoms with Crippen molar-refractivity contribution in [1.29, 1.82) is 0 Å². The molecule has 3 rings (SSSR count). The highest BCUT2D eigenvalue weighted by Gasteiger charge is 2.26. The number of halogens is 1. The van der Waals surface area contributed by atoms with Gasteiger partial charge in [-0.1, -0.05) is 0 Å². The van der Waals surface area contributed by atoms with Gasteiger partial charge in [-0.05, 0) is 70.5 Å². The molecule has 2 unspecified atom stereocenters. The van der Waals surface area contributed by atoms with E-state index in [-0.39, 0.29) is 30.0 Å². The number of nitrogens with zero attached hydrogens (tertiary/aromatic N) is 2. The lowest BCUT2D eigenvalue weighted by Crippen LogP contribution is -2.41. The van der Waals surface area contributed by atoms with Crippen LogP contribution in [0.4, 0.5) is 0 Å². The Morgan fingerprint density at radius 1 is 1.31 bits per heavy atom. The van der Waals surface area contributed by atoms with Gasteiger partial charge in [0.05, 0.1) is 12.6 Å². The van der Waals surface area contributed by atoms with Crippen molar-refractivity contribution in [1.82, 2.24) is 15.5 Å². The van der Waals surface area contributed by atoms with Crippen LogP contribution in [0.5, 0.6) is 0 Å². The molecule has 0 amide bonds. The summed E-state index contributed by atoms with van der Waals surface area (Å²) in [4.78, 5) is 7.40. The molecule has 2 atom stereocenters. The molecule has 2 saturated heterocycles. The van der Waals surface area contributed by atoms with Crippen LogP contribution in [-0.2, 0) is 0 Å². The molecule has 7 heteroatoms. The molecule has 2 fully saturated rings. The Morgan fingerprint density at radius 3 is 2.73 bits per heavy atom. The molecular weight excluding hydrogens is 459 g/mol. The summed E-state index contributed by atoms with van der Waals surface area (Å²) in [6, 6.07) is 4.42. The first kappa shape index (κ1) is 21.9. The third-order valence-electron chi connectivity index (χ3n) is 4.96. The quantitative estimate of drug-likeness (QED) is 0.345. The van der Waals surface area contributed by atoms with Gasteiger partial charge in [-0.3, -0.25) is 9.89 Å². The fourth-order valence-electron chi connectivity index (χ4n) is 3.61. The summed E-state index contributed by atoms with van der Waals surface area (Å²) in [7, 11) is 0. The maximum Gasteiger partial charge on any atom is 0.191 e. The van der Waals surface area contributed by atoms with Gasteiger partial charge in [-0.25, -0.2) is 0 Å². The van der Waals surface area contributed by atoms with E-state index in [1.54, 1.807) is 0 Å². The minimum absolute atomic E-state index is 0. The van der Waals surface area contributed by atoms with E-state index in [1.165, 1.54) is 31.4 Å². The molecule has 26 heavy (non-hydrogen) atoms. The minimum Gasteiger partial charge on any atom is -0.465 e. The van der Waals surface area contributed by atoms with Gasteiger partial charge in [0.2, 0.25) is 0 Å². The minimum atomic E-state index is 0. The Morgan fingerprint density at radius 2 is 2.12 bits per heavy atom. The Hall–Kier alpha value is -0.410. The topological polar surface area (TPSA) is 52.8 Å². The van der Waals surface area contributed by atoms with Crippen LogP contribution in [0.2, 0.25) is 0 Å². The van der Waals surface area contributed by atoms with E-state index in [0.717, 1.165) is 55.5 Å². The Bertz CT molecular complexity index is 553. The van der Waals surface area contributed by atoms with E-state index in [2.05, 4.69) is 46.4 Å². The van der Waals surface area contributed by atoms with Crippen LogP contribution in [0.15, 0.2) is 21.5 Å². The van der Waals surface area contributed by atoms with E-state index in [1.807, 2.05) is 6.92 Å². The van der Waals surface area contributed by atoms with Crippen LogP contribution in [-0.4, -0.2) is 54.6 Å². The van der Waals surface area contributed by atoms with Gasteiger partial charge >= 0.3 is 0 Å². The molecule has 0 aliphatic carbocycles. The number of hydrogen-bond acceptors (Lipinski definition) is 4. The average molecular weight is 492 g/mol. The molecule has 0 saturated carbocycles. The highest BCUT2D eigenvalue weighted by molar-refractivity contribution is 14.0. The first-order valence-electron chi connectivity index (χ1n) is 9.70. The molecule has 0 radical (unpaired) electrons. The third kappa shape index (κ3) is 6.34. The van der Waals surface area contributed by atoms with Gasteiger partial charge in [0, 0.05) is 18.3 Å². The maximum atomic E-state index is 5.94. The lowest BCUT2D eigenvalue weighted by atomic mass is 10.2. The number of guanidine groups is 1. The molecule has 2 aliphatic rings. The van der Waals surface area contributed by atoms with Crippen LogP contribution in [0, 0.1) is 6.92 Å². The summed E-state index contributed by atoms with van der Waals surface area (Å²) in [6.07, 6.45) is 5.22. The molecule has 2 aliphatic heterocycles. The summed E-state index contributed by atoms with van der Waals surface area (Å²) in [5.74, 6) is 4.26. The number of furan rings is 1. The number of aliphatic imine (C=N–C) groups is 1. The number of rotatable bonds is 7. The van der Waals surface area contributed by atoms with Crippen molar-refractivity contribution in [3.63, 3.8) is 0 Å². The first-order valence-corrected chi connectivity index (χ1v) is 10.8. The largest absolute Gasteiger partial charge is 0.465 e. The van der Waals surface area contributed by atoms with E-state index in [9.17, 15) is 0 Å². The van der Waals surface area contributed by atoms with Crippen LogP contribution < -0.4 is 10.6 Å². The van der Waals surface area contributed by atoms with E-state index < -0.39 is 0 Å². The highest BCUT2D eigenvalue weighted by Crippen LogP contribution is 2.27. The molecule has 2 N–H and O–H groups in total. The van der Waals surface area contributed by atoms with Crippen molar-refractivity contribution in [2.75, 3.05) is 38.5 Å². The fourth-order valence-corrected chi connectivity index (χ4v) is 4.81. The van der Waals surface area contributed by atoms with Gasteiger partial charge in [0.1, 0.15) is 11.5 Å². The van der Waals surface area contributed by atoms with Gasteiger partial charge in [0.15, 0.2) is 5.96 Å². The molecule has 0 bridgehead atoms. The average Bonchev–Trinajstić information content (AvgIpc) is 3.36. The number of hydrogen-bond donors (Lipinski definition) is 2. The number of likely N-dealkylation sites (tertiary alicyclic amines) is 1. The second-order valence-electron chi connectivity index (χ2n) is 6.94. The smallest absolute Gasteiger partial charge is 0.191 e. The van der Waals surface area contributed by atoms with E-state index in [0.29, 0.717) is 0 Å². The Kier molecular flexibility index (Phi) is 9.63. The Balaban J connectivity index is 0.00000243. The summed E-state index contributed by atoms with van der Waals surface area (Å²) < 4.78 is 5.94. The summed E-state index contributed by atoms with van der Waals surface area (Å²) in [6.45, 7) is 9.04. The van der Waals surface area contributed by atoms with Crippen molar-refractivity contribution in [3.05, 3.63) is 23.7 Å². The van der Waals surface area contributed by atoms with Crippen molar-refractivity contribution < 1.29 is 4.42 Å². The van der Waals surface area contributed by atoms with Crippen molar-refractivity contribution in [3.8, 4) is 0 Å². The van der Waals surface area contributed by atoms with Gasteiger partial charge in [-0.15, -0.1) is 24.0 Å². The number of thioether (sulfide) groups is 1. The molecule has 5 nitrogen and oxygen atoms in total. The molecule has 0 spiro atoms. The molecular formula is C19H33IN4OS. The Labute approximate surface area is 179 Å². The molecule has 0 aromatic carbocycles. The second-order valence-corrected chi connectivity index (χ2v) is 8.35. The lowest BCUT2D eigenvalue weighted by molar-refractivity contribution is 0.219. The van der Waals surface area contributed by atoms with Crippen LogP contribution in [0.1, 0.15) is 50.2 Å². The summed E-state index contributed by atoms with van der Waals surface area (Å²) in [5.41, 5.74) is 0. The van der Waals surface area contributed by atoms with Crippen molar-refractivity contribution in [2.24, 2.45) is 4.99 Å². The SMILES string of the molecule is CCNC(=NCC(c1ccc(C)o1)N1CCCC1)NCC1CCCS1.I. The number of aryl methyl sites for hydroxylation is 1. The van der Waals surface area contributed by atoms with E-state index >= 15 is 0 Å². The monoisotopic (exact) mass is 492 g/mol. The van der Waals surface area contributed by atoms with Gasteiger partial charge in [0.25, 0.3) is 0 Å². The third-order valence-corrected chi connectivity index (χ3v) is 6.36. The zero-order valence-electron chi connectivity index (χ0n) is 16.0. The second kappa shape index (κ2) is 11.4. The predicted molar refractivity (Wildman–Crippen MR) is 122 cm³/mol. The fraction of sp³-hybridized carbons (Fsp3) is 0.737. The van der Waals surface area contributed by atoms with Gasteiger partial charge < -0.3 is 15.1 Å². The zero-order chi connectivity index (χ0) is 17.5. The normalized spacial score (nSPS) is 22.2. The van der Waals surface area contributed by atoms with Crippen molar-refractivity contribution in [2.45, 2.75) is 50.8 Å². The van der Waals surface area contributed by atoms with Crippen LogP contribution in [0.25, 0.3) is 0 Å². The summed E-state index contributed by atoms with van der Waals surface area (Å²) >= 11 is 2.08. The molecule has 1 aromatic heterocycles. The van der Waals surface area contributed by atoms with Crippen LogP contribution in [0.3, 0.4) is 0 Å². The maximum absolute atomic E-state index is 5.94. The van der Waals surface area contributed by atoms with E-state index in [4.69, 9.17) is 9.41 Å². The number of nitrogens with one attached hydrogen (secondary N) is 2.